The molecule has 0 amide bonds. The highest BCUT2D eigenvalue weighted by Crippen LogP contribution is 2.26. The molecule has 0 fully saturated rings. The van der Waals surface area contributed by atoms with Crippen LogP contribution in [-0.2, 0) is 11.2 Å². The van der Waals surface area contributed by atoms with Crippen molar-refractivity contribution in [2.75, 3.05) is 13.2 Å². The van der Waals surface area contributed by atoms with Crippen molar-refractivity contribution in [2.24, 2.45) is 0 Å². The normalized spacial score (nSPS) is 19.4. The molecule has 23 heavy (non-hydrogen) atoms. The highest BCUT2D eigenvalue weighted by atomic mass is 16.5. The molecule has 0 aliphatic rings. The molecule has 1 rings (SSSR count). The first-order valence-corrected chi connectivity index (χ1v) is 7.47. The van der Waals surface area contributed by atoms with Gasteiger partial charge in [-0.2, -0.15) is 0 Å². The van der Waals surface area contributed by atoms with Crippen LogP contribution in [0.1, 0.15) is 12.5 Å². The predicted molar refractivity (Wildman–Crippen MR) is 85.8 cm³/mol. The van der Waals surface area contributed by atoms with Crippen LogP contribution >= 0.6 is 0 Å². The lowest BCUT2D eigenvalue weighted by molar-refractivity contribution is -0.181. The number of aliphatic hydroxyl groups is 5. The molecule has 0 aromatic heterocycles. The lowest BCUT2D eigenvalue weighted by Crippen LogP contribution is -2.56. The number of ether oxygens (including phenoxy) is 1. The van der Waals surface area contributed by atoms with E-state index in [9.17, 15) is 20.4 Å². The Balaban J connectivity index is 2.96. The molecule has 6 nitrogen and oxygen atoms in total. The van der Waals surface area contributed by atoms with Crippen LogP contribution in [0.4, 0.5) is 0 Å². The fourth-order valence-corrected chi connectivity index (χ4v) is 2.38. The van der Waals surface area contributed by atoms with Gasteiger partial charge >= 0.3 is 0 Å². The number of rotatable bonds is 10. The van der Waals surface area contributed by atoms with E-state index in [2.05, 4.69) is 6.58 Å². The van der Waals surface area contributed by atoms with Gasteiger partial charge in [0.2, 0.25) is 0 Å². The van der Waals surface area contributed by atoms with E-state index in [0.29, 0.717) is 0 Å². The smallest absolute Gasteiger partial charge is 0.111 e. The summed E-state index contributed by atoms with van der Waals surface area (Å²) in [7, 11) is 0. The van der Waals surface area contributed by atoms with Crippen LogP contribution in [0.5, 0.6) is 0 Å². The Morgan fingerprint density at radius 2 is 1.74 bits per heavy atom. The molecule has 1 aromatic carbocycles. The molecule has 130 valence electrons. The molecule has 5 unspecified atom stereocenters. The SMILES string of the molecule is C=CCOC(C)(Cc1ccccc1)C(O)C(O)C(O)C(O)CO. The van der Waals surface area contributed by atoms with Gasteiger partial charge in [-0.15, -0.1) is 6.58 Å². The second-order valence-electron chi connectivity index (χ2n) is 5.75. The summed E-state index contributed by atoms with van der Waals surface area (Å²) in [5.74, 6) is 0. The average molecular weight is 326 g/mol. The van der Waals surface area contributed by atoms with E-state index in [1.807, 2.05) is 30.3 Å². The first-order valence-electron chi connectivity index (χ1n) is 7.47. The number of hydrogen-bond donors (Lipinski definition) is 5. The van der Waals surface area contributed by atoms with Crippen molar-refractivity contribution < 1.29 is 30.3 Å². The number of hydrogen-bond acceptors (Lipinski definition) is 6. The quantitative estimate of drug-likeness (QED) is 0.375. The van der Waals surface area contributed by atoms with Crippen LogP contribution in [0.25, 0.3) is 0 Å². The summed E-state index contributed by atoms with van der Waals surface area (Å²) >= 11 is 0. The summed E-state index contributed by atoms with van der Waals surface area (Å²) in [6.45, 7) is 4.58. The topological polar surface area (TPSA) is 110 Å². The van der Waals surface area contributed by atoms with Crippen LogP contribution < -0.4 is 0 Å². The molecule has 0 saturated heterocycles. The van der Waals surface area contributed by atoms with Gasteiger partial charge in [0, 0.05) is 6.42 Å². The van der Waals surface area contributed by atoms with Gasteiger partial charge in [0.05, 0.1) is 18.8 Å². The van der Waals surface area contributed by atoms with E-state index in [1.165, 1.54) is 6.08 Å². The Labute approximate surface area is 136 Å². The van der Waals surface area contributed by atoms with Crippen LogP contribution in [-0.4, -0.2) is 68.8 Å². The highest BCUT2D eigenvalue weighted by Gasteiger charge is 2.42. The van der Waals surface area contributed by atoms with Crippen LogP contribution in [0.15, 0.2) is 43.0 Å². The molecule has 0 spiro atoms. The van der Waals surface area contributed by atoms with Crippen molar-refractivity contribution in [3.05, 3.63) is 48.6 Å². The largest absolute Gasteiger partial charge is 0.394 e. The van der Waals surface area contributed by atoms with E-state index in [-0.39, 0.29) is 13.0 Å². The lowest BCUT2D eigenvalue weighted by Gasteiger charge is -2.39. The van der Waals surface area contributed by atoms with Gasteiger partial charge < -0.3 is 30.3 Å². The third kappa shape index (κ3) is 5.39. The Morgan fingerprint density at radius 3 is 2.26 bits per heavy atom. The lowest BCUT2D eigenvalue weighted by atomic mass is 9.85. The minimum absolute atomic E-state index is 0.145. The summed E-state index contributed by atoms with van der Waals surface area (Å²) in [6, 6.07) is 9.26. The van der Waals surface area contributed by atoms with Gasteiger partial charge in [-0.25, -0.2) is 0 Å². The zero-order valence-corrected chi connectivity index (χ0v) is 13.2. The maximum absolute atomic E-state index is 10.5. The predicted octanol–water partition coefficient (Wildman–Crippen LogP) is -0.374. The fraction of sp³-hybridized carbons (Fsp3) is 0.529. The van der Waals surface area contributed by atoms with E-state index < -0.39 is 36.6 Å². The van der Waals surface area contributed by atoms with Gasteiger partial charge in [0.25, 0.3) is 0 Å². The van der Waals surface area contributed by atoms with E-state index in [4.69, 9.17) is 9.84 Å². The first kappa shape index (κ1) is 19.8. The molecule has 5 atom stereocenters. The van der Waals surface area contributed by atoms with Crippen molar-refractivity contribution in [3.8, 4) is 0 Å². The molecular weight excluding hydrogens is 300 g/mol. The third-order valence-corrected chi connectivity index (χ3v) is 3.81. The Bertz CT molecular complexity index is 465. The molecule has 0 bridgehead atoms. The van der Waals surface area contributed by atoms with Gasteiger partial charge in [0.15, 0.2) is 0 Å². The summed E-state index contributed by atoms with van der Waals surface area (Å²) in [5.41, 5.74) is -0.340. The van der Waals surface area contributed by atoms with Crippen molar-refractivity contribution >= 4 is 0 Å². The van der Waals surface area contributed by atoms with Crippen LogP contribution in [0.3, 0.4) is 0 Å². The Morgan fingerprint density at radius 1 is 1.13 bits per heavy atom. The Hall–Kier alpha value is -1.28. The zero-order chi connectivity index (χ0) is 17.5. The maximum atomic E-state index is 10.5. The second kappa shape index (κ2) is 9.12. The zero-order valence-electron chi connectivity index (χ0n) is 13.2. The number of aliphatic hydroxyl groups excluding tert-OH is 5. The summed E-state index contributed by atoms with van der Waals surface area (Å²) in [5, 5.41) is 48.7. The maximum Gasteiger partial charge on any atom is 0.111 e. The minimum atomic E-state index is -1.70. The monoisotopic (exact) mass is 326 g/mol. The molecular formula is C17H26O6. The van der Waals surface area contributed by atoms with Crippen molar-refractivity contribution in [1.29, 1.82) is 0 Å². The van der Waals surface area contributed by atoms with E-state index in [0.717, 1.165) is 5.56 Å². The van der Waals surface area contributed by atoms with Crippen LogP contribution in [0, 0.1) is 0 Å². The molecule has 0 saturated carbocycles. The van der Waals surface area contributed by atoms with Gasteiger partial charge in [-0.1, -0.05) is 36.4 Å². The average Bonchev–Trinajstić information content (AvgIpc) is 2.58. The minimum Gasteiger partial charge on any atom is -0.394 e. The van der Waals surface area contributed by atoms with Gasteiger partial charge in [0.1, 0.15) is 24.4 Å². The van der Waals surface area contributed by atoms with Gasteiger partial charge in [-0.3, -0.25) is 0 Å². The molecule has 1 aromatic rings. The summed E-state index contributed by atoms with van der Waals surface area (Å²) in [6.07, 6.45) is -4.63. The standard InChI is InChI=1S/C17H26O6/c1-3-9-23-17(2,10-12-7-5-4-6-8-12)16(22)15(21)14(20)13(19)11-18/h3-8,13-16,18-22H,1,9-11H2,2H3. The first-order chi connectivity index (χ1) is 10.9. The molecule has 0 aliphatic heterocycles. The molecule has 5 N–H and O–H groups in total. The van der Waals surface area contributed by atoms with Crippen LogP contribution in [0.2, 0.25) is 0 Å². The number of benzene rings is 1. The van der Waals surface area contributed by atoms with E-state index >= 15 is 0 Å². The van der Waals surface area contributed by atoms with Crippen molar-refractivity contribution in [1.82, 2.24) is 0 Å². The second-order valence-corrected chi connectivity index (χ2v) is 5.75. The summed E-state index contributed by atoms with van der Waals surface area (Å²) < 4.78 is 5.65. The molecule has 0 heterocycles. The highest BCUT2D eigenvalue weighted by molar-refractivity contribution is 5.18. The molecule has 0 radical (unpaired) electrons. The fourth-order valence-electron chi connectivity index (χ4n) is 2.38. The van der Waals surface area contributed by atoms with E-state index in [1.54, 1.807) is 6.92 Å². The molecule has 6 heteroatoms. The van der Waals surface area contributed by atoms with Crippen molar-refractivity contribution in [3.63, 3.8) is 0 Å². The van der Waals surface area contributed by atoms with Gasteiger partial charge in [-0.05, 0) is 12.5 Å². The third-order valence-electron chi connectivity index (χ3n) is 3.81. The summed E-state index contributed by atoms with van der Waals surface area (Å²) in [4.78, 5) is 0. The Kier molecular flexibility index (Phi) is 7.84. The van der Waals surface area contributed by atoms with Crippen molar-refractivity contribution in [2.45, 2.75) is 43.4 Å². The molecule has 0 aliphatic carbocycles.